The van der Waals surface area contributed by atoms with E-state index < -0.39 is 0 Å². The van der Waals surface area contributed by atoms with Crippen LogP contribution in [0.15, 0.2) is 18.2 Å². The van der Waals surface area contributed by atoms with E-state index in [9.17, 15) is 9.90 Å². The van der Waals surface area contributed by atoms with Crippen LogP contribution < -0.4 is 10.6 Å². The summed E-state index contributed by atoms with van der Waals surface area (Å²) >= 11 is 0. The Morgan fingerprint density at radius 3 is 3.06 bits per heavy atom. The molecule has 1 atom stereocenters. The van der Waals surface area contributed by atoms with Crippen LogP contribution >= 0.6 is 0 Å². The van der Waals surface area contributed by atoms with Gasteiger partial charge in [-0.1, -0.05) is 12.1 Å². The molecule has 1 aliphatic rings. The molecule has 3 N–H and O–H groups in total. The third kappa shape index (κ3) is 2.17. The number of anilines is 1. The first kappa shape index (κ1) is 11.0. The van der Waals surface area contributed by atoms with Crippen molar-refractivity contribution in [3.8, 4) is 5.75 Å². The van der Waals surface area contributed by atoms with Gasteiger partial charge in [0.25, 0.3) is 0 Å². The topological polar surface area (TPSA) is 61.4 Å². The number of aromatic hydroxyl groups is 1. The molecule has 0 aromatic heterocycles. The van der Waals surface area contributed by atoms with Gasteiger partial charge in [-0.15, -0.1) is 0 Å². The van der Waals surface area contributed by atoms with Gasteiger partial charge in [0.1, 0.15) is 5.75 Å². The number of carbonyl (C=O) groups excluding carboxylic acids is 1. The van der Waals surface area contributed by atoms with E-state index in [-0.39, 0.29) is 17.6 Å². The van der Waals surface area contributed by atoms with E-state index in [0.717, 1.165) is 25.1 Å². The highest BCUT2D eigenvalue weighted by molar-refractivity contribution is 5.94. The SMILES string of the molecule is Cc1cccc(NC(=O)C2CCNC2)c1O. The summed E-state index contributed by atoms with van der Waals surface area (Å²) in [6.45, 7) is 3.42. The van der Waals surface area contributed by atoms with Crippen molar-refractivity contribution in [2.24, 2.45) is 5.92 Å². The minimum atomic E-state index is -0.0223. The predicted octanol–water partition coefficient (Wildman–Crippen LogP) is 1.25. The highest BCUT2D eigenvalue weighted by Gasteiger charge is 2.22. The van der Waals surface area contributed by atoms with Gasteiger partial charge in [-0.3, -0.25) is 4.79 Å². The lowest BCUT2D eigenvalue weighted by atomic mass is 10.1. The molecule has 86 valence electrons. The largest absolute Gasteiger partial charge is 0.505 e. The Bertz CT molecular complexity index is 398. The predicted molar refractivity (Wildman–Crippen MR) is 62.5 cm³/mol. The second kappa shape index (κ2) is 4.53. The standard InChI is InChI=1S/C12H16N2O2/c1-8-3-2-4-10(11(8)15)14-12(16)9-5-6-13-7-9/h2-4,9,13,15H,5-7H2,1H3,(H,14,16). The summed E-state index contributed by atoms with van der Waals surface area (Å²) in [4.78, 5) is 11.8. The first-order valence-electron chi connectivity index (χ1n) is 5.48. The molecule has 16 heavy (non-hydrogen) atoms. The quantitative estimate of drug-likeness (QED) is 0.657. The minimum Gasteiger partial charge on any atom is -0.505 e. The van der Waals surface area contributed by atoms with Gasteiger partial charge >= 0.3 is 0 Å². The van der Waals surface area contributed by atoms with Crippen molar-refractivity contribution >= 4 is 11.6 Å². The van der Waals surface area contributed by atoms with Gasteiger partial charge in [-0.25, -0.2) is 0 Å². The van der Waals surface area contributed by atoms with Crippen molar-refractivity contribution in [3.05, 3.63) is 23.8 Å². The molecule has 4 heteroatoms. The van der Waals surface area contributed by atoms with Crippen molar-refractivity contribution in [2.45, 2.75) is 13.3 Å². The molecule has 1 aliphatic heterocycles. The zero-order chi connectivity index (χ0) is 11.5. The molecule has 1 unspecified atom stereocenters. The molecule has 1 saturated heterocycles. The molecule has 0 spiro atoms. The average Bonchev–Trinajstić information content (AvgIpc) is 2.78. The molecular formula is C12H16N2O2. The van der Waals surface area contributed by atoms with E-state index in [1.807, 2.05) is 19.1 Å². The summed E-state index contributed by atoms with van der Waals surface area (Å²) in [5, 5.41) is 15.7. The van der Waals surface area contributed by atoms with Crippen LogP contribution in [0.4, 0.5) is 5.69 Å². The Labute approximate surface area is 94.7 Å². The number of hydrogen-bond acceptors (Lipinski definition) is 3. The number of nitrogens with one attached hydrogen (secondary N) is 2. The molecular weight excluding hydrogens is 204 g/mol. The molecule has 1 heterocycles. The first-order valence-corrected chi connectivity index (χ1v) is 5.48. The fourth-order valence-electron chi connectivity index (χ4n) is 1.87. The molecule has 0 bridgehead atoms. The molecule has 4 nitrogen and oxygen atoms in total. The van der Waals surface area contributed by atoms with Gasteiger partial charge < -0.3 is 15.7 Å². The normalized spacial score (nSPS) is 19.7. The van der Waals surface area contributed by atoms with Gasteiger partial charge in [0.05, 0.1) is 11.6 Å². The number of benzene rings is 1. The van der Waals surface area contributed by atoms with Gasteiger partial charge in [-0.2, -0.15) is 0 Å². The third-order valence-corrected chi connectivity index (χ3v) is 2.93. The fourth-order valence-corrected chi connectivity index (χ4v) is 1.87. The summed E-state index contributed by atoms with van der Waals surface area (Å²) in [5.74, 6) is 0.146. The number of para-hydroxylation sites is 1. The lowest BCUT2D eigenvalue weighted by molar-refractivity contribution is -0.119. The van der Waals surface area contributed by atoms with Crippen molar-refractivity contribution in [1.82, 2.24) is 5.32 Å². The number of phenolic OH excluding ortho intramolecular Hbond substituents is 1. The van der Waals surface area contributed by atoms with Gasteiger partial charge in [0, 0.05) is 6.54 Å². The maximum absolute atomic E-state index is 11.8. The molecule has 0 aliphatic carbocycles. The van der Waals surface area contributed by atoms with Crippen LogP contribution in [0.1, 0.15) is 12.0 Å². The summed E-state index contributed by atoms with van der Waals surface area (Å²) in [6, 6.07) is 5.34. The van der Waals surface area contributed by atoms with E-state index in [1.54, 1.807) is 6.07 Å². The Kier molecular flexibility index (Phi) is 3.10. The van der Waals surface area contributed by atoms with E-state index in [0.29, 0.717) is 5.69 Å². The summed E-state index contributed by atoms with van der Waals surface area (Å²) in [5.41, 5.74) is 1.26. The van der Waals surface area contributed by atoms with Crippen molar-refractivity contribution < 1.29 is 9.90 Å². The third-order valence-electron chi connectivity index (χ3n) is 2.93. The maximum atomic E-state index is 11.8. The molecule has 1 aromatic rings. The Balaban J connectivity index is 2.08. The second-order valence-corrected chi connectivity index (χ2v) is 4.15. The number of hydrogen-bond donors (Lipinski definition) is 3. The maximum Gasteiger partial charge on any atom is 0.228 e. The van der Waals surface area contributed by atoms with Crippen LogP contribution in [0, 0.1) is 12.8 Å². The van der Waals surface area contributed by atoms with E-state index in [4.69, 9.17) is 0 Å². The molecule has 0 saturated carbocycles. The van der Waals surface area contributed by atoms with Crippen LogP contribution in [0.5, 0.6) is 5.75 Å². The molecule has 1 aromatic carbocycles. The highest BCUT2D eigenvalue weighted by atomic mass is 16.3. The Morgan fingerprint density at radius 2 is 2.38 bits per heavy atom. The van der Waals surface area contributed by atoms with E-state index in [2.05, 4.69) is 10.6 Å². The molecule has 1 amide bonds. The number of amides is 1. The van der Waals surface area contributed by atoms with Crippen LogP contribution in [0.3, 0.4) is 0 Å². The van der Waals surface area contributed by atoms with Crippen LogP contribution in [-0.4, -0.2) is 24.1 Å². The minimum absolute atomic E-state index is 0.0138. The van der Waals surface area contributed by atoms with Gasteiger partial charge in [0.15, 0.2) is 0 Å². The lowest BCUT2D eigenvalue weighted by Gasteiger charge is -2.12. The van der Waals surface area contributed by atoms with Crippen molar-refractivity contribution in [1.29, 1.82) is 0 Å². The van der Waals surface area contributed by atoms with Crippen molar-refractivity contribution in [2.75, 3.05) is 18.4 Å². The number of rotatable bonds is 2. The molecule has 1 fully saturated rings. The fraction of sp³-hybridized carbons (Fsp3) is 0.417. The highest BCUT2D eigenvalue weighted by Crippen LogP contribution is 2.27. The monoisotopic (exact) mass is 220 g/mol. The first-order chi connectivity index (χ1) is 7.68. The summed E-state index contributed by atoms with van der Waals surface area (Å²) in [6.07, 6.45) is 0.860. The van der Waals surface area contributed by atoms with Crippen LogP contribution in [-0.2, 0) is 4.79 Å². The summed E-state index contributed by atoms with van der Waals surface area (Å²) in [7, 11) is 0. The molecule has 2 rings (SSSR count). The zero-order valence-electron chi connectivity index (χ0n) is 9.29. The number of phenols is 1. The Hall–Kier alpha value is -1.55. The van der Waals surface area contributed by atoms with E-state index in [1.165, 1.54) is 0 Å². The van der Waals surface area contributed by atoms with E-state index >= 15 is 0 Å². The average molecular weight is 220 g/mol. The molecule has 0 radical (unpaired) electrons. The second-order valence-electron chi connectivity index (χ2n) is 4.15. The zero-order valence-corrected chi connectivity index (χ0v) is 9.29. The van der Waals surface area contributed by atoms with Gasteiger partial charge in [-0.05, 0) is 31.5 Å². The van der Waals surface area contributed by atoms with Gasteiger partial charge in [0.2, 0.25) is 5.91 Å². The van der Waals surface area contributed by atoms with Crippen LogP contribution in [0.2, 0.25) is 0 Å². The smallest absolute Gasteiger partial charge is 0.228 e. The summed E-state index contributed by atoms with van der Waals surface area (Å²) < 4.78 is 0. The van der Waals surface area contributed by atoms with Crippen molar-refractivity contribution in [3.63, 3.8) is 0 Å². The number of carbonyl (C=O) groups is 1. The number of aryl methyl sites for hydroxylation is 1. The lowest BCUT2D eigenvalue weighted by Crippen LogP contribution is -2.24. The Morgan fingerprint density at radius 1 is 1.56 bits per heavy atom. The van der Waals surface area contributed by atoms with Crippen LogP contribution in [0.25, 0.3) is 0 Å².